The van der Waals surface area contributed by atoms with Gasteiger partial charge in [0, 0.05) is 34.7 Å². The molecule has 4 aromatic rings. The number of ether oxygens (including phenoxy) is 2. The minimum absolute atomic E-state index is 0.600. The van der Waals surface area contributed by atoms with E-state index in [0.29, 0.717) is 11.8 Å². The molecule has 44 heavy (non-hydrogen) atoms. The van der Waals surface area contributed by atoms with E-state index in [4.69, 9.17) is 19.5 Å². The summed E-state index contributed by atoms with van der Waals surface area (Å²) in [4.78, 5) is 17.0. The number of aliphatic imine (C=N–C) groups is 2. The van der Waals surface area contributed by atoms with Crippen molar-refractivity contribution in [2.45, 2.75) is 41.5 Å². The molecule has 0 aliphatic carbocycles. The maximum atomic E-state index is 5.45. The number of nitrogens with one attached hydrogen (secondary N) is 2. The van der Waals surface area contributed by atoms with Gasteiger partial charge in [-0.25, -0.2) is 9.98 Å². The van der Waals surface area contributed by atoms with Gasteiger partial charge in [0.05, 0.1) is 37.0 Å². The Bertz CT molecular complexity index is 1800. The normalized spacial score (nSPS) is 16.4. The summed E-state index contributed by atoms with van der Waals surface area (Å²) >= 11 is 0. The molecule has 222 valence electrons. The van der Waals surface area contributed by atoms with Crippen molar-refractivity contribution in [1.29, 1.82) is 0 Å². The third kappa shape index (κ3) is 5.28. The van der Waals surface area contributed by atoms with Gasteiger partial charge < -0.3 is 19.4 Å². The number of H-pyrrole nitrogens is 2. The molecule has 4 heterocycles. The van der Waals surface area contributed by atoms with Crippen molar-refractivity contribution in [3.05, 3.63) is 140 Å². The molecule has 6 heteroatoms. The first-order chi connectivity index (χ1) is 21.2. The van der Waals surface area contributed by atoms with Crippen molar-refractivity contribution >= 4 is 22.9 Å². The van der Waals surface area contributed by atoms with E-state index in [2.05, 4.69) is 100 Å². The van der Waals surface area contributed by atoms with Gasteiger partial charge >= 0.3 is 0 Å². The number of nitrogens with zero attached hydrogens (tertiary/aromatic N) is 2. The molecule has 0 radical (unpaired) electrons. The van der Waals surface area contributed by atoms with E-state index in [1.165, 1.54) is 44.5 Å². The highest BCUT2D eigenvalue weighted by Crippen LogP contribution is 2.38. The monoisotopic (exact) mass is 582 g/mol. The molecule has 2 aliphatic heterocycles. The maximum Gasteiger partial charge on any atom is 0.213 e. The van der Waals surface area contributed by atoms with Crippen molar-refractivity contribution in [3.8, 4) is 11.4 Å². The molecule has 0 spiro atoms. The third-order valence-corrected chi connectivity index (χ3v) is 8.21. The van der Waals surface area contributed by atoms with Crippen LogP contribution in [0.2, 0.25) is 0 Å². The molecule has 6 nitrogen and oxygen atoms in total. The van der Waals surface area contributed by atoms with E-state index in [0.717, 1.165) is 45.3 Å². The lowest BCUT2D eigenvalue weighted by Crippen LogP contribution is -2.00. The predicted molar refractivity (Wildman–Crippen MR) is 181 cm³/mol. The topological polar surface area (TPSA) is 74.8 Å². The van der Waals surface area contributed by atoms with Crippen molar-refractivity contribution in [3.63, 3.8) is 0 Å². The van der Waals surface area contributed by atoms with E-state index >= 15 is 0 Å². The van der Waals surface area contributed by atoms with Crippen LogP contribution in [0, 0.1) is 41.5 Å². The summed E-state index contributed by atoms with van der Waals surface area (Å²) in [6.07, 6.45) is 7.87. The summed E-state index contributed by atoms with van der Waals surface area (Å²) in [6, 6.07) is 17.4. The summed E-state index contributed by atoms with van der Waals surface area (Å²) in [7, 11) is 3.30. The van der Waals surface area contributed by atoms with Crippen LogP contribution in [0.4, 0.5) is 0 Å². The number of benzene rings is 2. The van der Waals surface area contributed by atoms with Crippen molar-refractivity contribution in [2.75, 3.05) is 14.2 Å². The van der Waals surface area contributed by atoms with Crippen LogP contribution in [0.15, 0.2) is 94.2 Å². The number of rotatable bonds is 5. The van der Waals surface area contributed by atoms with Gasteiger partial charge in [0.25, 0.3) is 0 Å². The third-order valence-electron chi connectivity index (χ3n) is 8.21. The number of hydrogen-bond acceptors (Lipinski definition) is 4. The molecule has 2 N–H and O–H groups in total. The van der Waals surface area contributed by atoms with Crippen LogP contribution in [0.1, 0.15) is 55.9 Å². The molecule has 2 aromatic carbocycles. The van der Waals surface area contributed by atoms with Crippen LogP contribution in [0.5, 0.6) is 0 Å². The Morgan fingerprint density at radius 2 is 0.886 bits per heavy atom. The standard InChI is InChI=1S/C38H38N4O2/c1-21-17-23(3)35(24(4)18-21)37(31-13-15-33(41-31)43-7)29-11-9-27(39-29)28-10-12-30(40-28)38(32-14-16-34(42-32)44-8)36-25(5)19-22(2)20-26(36)6/h9-20,39-40H,1-8H3/b37-31+,38-32+. The minimum atomic E-state index is 0.600. The molecular formula is C38H38N4O2. The van der Waals surface area contributed by atoms with Crippen LogP contribution in [0.3, 0.4) is 0 Å². The zero-order chi connectivity index (χ0) is 31.1. The Morgan fingerprint density at radius 1 is 0.523 bits per heavy atom. The largest absolute Gasteiger partial charge is 0.481 e. The Morgan fingerprint density at radius 3 is 1.20 bits per heavy atom. The number of aromatic amines is 2. The highest BCUT2D eigenvalue weighted by molar-refractivity contribution is 5.98. The summed E-state index contributed by atoms with van der Waals surface area (Å²) in [5.74, 6) is 1.20. The van der Waals surface area contributed by atoms with Crippen LogP contribution >= 0.6 is 0 Å². The predicted octanol–water partition coefficient (Wildman–Crippen LogP) is 8.61. The van der Waals surface area contributed by atoms with Crippen LogP contribution < -0.4 is 0 Å². The lowest BCUT2D eigenvalue weighted by atomic mass is 9.90. The van der Waals surface area contributed by atoms with E-state index in [-0.39, 0.29) is 0 Å². The van der Waals surface area contributed by atoms with Crippen molar-refractivity contribution in [2.24, 2.45) is 9.98 Å². The second-order valence-corrected chi connectivity index (χ2v) is 11.6. The van der Waals surface area contributed by atoms with Gasteiger partial charge in [0.1, 0.15) is 0 Å². The average Bonchev–Trinajstić information content (AvgIpc) is 3.79. The number of allylic oxidation sites excluding steroid dienone is 2. The molecule has 2 aliphatic rings. The van der Waals surface area contributed by atoms with Crippen LogP contribution in [-0.2, 0) is 9.47 Å². The van der Waals surface area contributed by atoms with Gasteiger partial charge in [0.2, 0.25) is 11.8 Å². The summed E-state index contributed by atoms with van der Waals surface area (Å²) in [6.45, 7) is 12.9. The molecule has 0 saturated carbocycles. The first kappa shape index (κ1) is 29.0. The molecule has 6 rings (SSSR count). The fraction of sp³-hybridized carbons (Fsp3) is 0.211. The molecule has 0 bridgehead atoms. The highest BCUT2D eigenvalue weighted by atomic mass is 16.5. The summed E-state index contributed by atoms with van der Waals surface area (Å²) in [5.41, 5.74) is 17.4. The second-order valence-electron chi connectivity index (χ2n) is 11.6. The van der Waals surface area contributed by atoms with Gasteiger partial charge in [-0.3, -0.25) is 0 Å². The Balaban J connectivity index is 1.47. The maximum absolute atomic E-state index is 5.45. The van der Waals surface area contributed by atoms with E-state index in [1.54, 1.807) is 14.2 Å². The molecule has 0 fully saturated rings. The lowest BCUT2D eigenvalue weighted by molar-refractivity contribution is 0.407. The summed E-state index contributed by atoms with van der Waals surface area (Å²) in [5, 5.41) is 0. The Hall–Kier alpha value is -5.10. The molecule has 0 amide bonds. The fourth-order valence-corrected chi connectivity index (χ4v) is 6.54. The number of hydrogen-bond donors (Lipinski definition) is 2. The van der Waals surface area contributed by atoms with Crippen LogP contribution in [0.25, 0.3) is 22.5 Å². The average molecular weight is 583 g/mol. The smallest absolute Gasteiger partial charge is 0.213 e. The quantitative estimate of drug-likeness (QED) is 0.247. The molecule has 0 atom stereocenters. The Labute approximate surface area is 259 Å². The molecular weight excluding hydrogens is 544 g/mol. The zero-order valence-corrected chi connectivity index (χ0v) is 26.6. The number of aromatic nitrogens is 2. The van der Waals surface area contributed by atoms with Gasteiger partial charge in [-0.1, -0.05) is 35.4 Å². The van der Waals surface area contributed by atoms with Gasteiger partial charge in [0.15, 0.2) is 0 Å². The molecule has 2 aromatic heterocycles. The minimum Gasteiger partial charge on any atom is -0.481 e. The lowest BCUT2D eigenvalue weighted by Gasteiger charge is -2.16. The fourth-order valence-electron chi connectivity index (χ4n) is 6.54. The number of aryl methyl sites for hydroxylation is 6. The second kappa shape index (κ2) is 11.5. The van der Waals surface area contributed by atoms with Gasteiger partial charge in [-0.2, -0.15) is 0 Å². The summed E-state index contributed by atoms with van der Waals surface area (Å²) < 4.78 is 10.9. The van der Waals surface area contributed by atoms with Gasteiger partial charge in [-0.05, 0) is 111 Å². The van der Waals surface area contributed by atoms with Crippen molar-refractivity contribution < 1.29 is 9.47 Å². The SMILES string of the molecule is COC1=N/C(=C(\c2ccc(-c3ccc(/C(=C4/C=CC(OC)=N4)c4c(C)cc(C)cc4C)[nH]3)[nH]2)c2c(C)cc(C)cc2C)C=C1. The van der Waals surface area contributed by atoms with E-state index in [1.807, 2.05) is 24.3 Å². The molecule has 0 saturated heterocycles. The van der Waals surface area contributed by atoms with Crippen LogP contribution in [-0.4, -0.2) is 36.0 Å². The first-order valence-corrected chi connectivity index (χ1v) is 14.8. The Kier molecular flexibility index (Phi) is 7.60. The highest BCUT2D eigenvalue weighted by Gasteiger charge is 2.22. The van der Waals surface area contributed by atoms with E-state index in [9.17, 15) is 0 Å². The van der Waals surface area contributed by atoms with Gasteiger partial charge in [-0.15, -0.1) is 0 Å². The first-order valence-electron chi connectivity index (χ1n) is 14.8. The molecule has 0 unspecified atom stereocenters. The van der Waals surface area contributed by atoms with E-state index < -0.39 is 0 Å². The number of methoxy groups -OCH3 is 2. The van der Waals surface area contributed by atoms with Crippen molar-refractivity contribution in [1.82, 2.24) is 9.97 Å². The zero-order valence-electron chi connectivity index (χ0n) is 26.6.